The molecule has 24 heavy (non-hydrogen) atoms. The quantitative estimate of drug-likeness (QED) is 0.924. The van der Waals surface area contributed by atoms with E-state index in [2.05, 4.69) is 39.5 Å². The first-order valence-corrected chi connectivity index (χ1v) is 9.11. The van der Waals surface area contributed by atoms with Crippen LogP contribution >= 0.6 is 0 Å². The van der Waals surface area contributed by atoms with Crippen LogP contribution in [0.25, 0.3) is 0 Å². The molecule has 1 saturated heterocycles. The van der Waals surface area contributed by atoms with Gasteiger partial charge in [-0.25, -0.2) is 9.48 Å². The number of carbonyl (C=O) groups is 1. The molecular weight excluding hydrogens is 302 g/mol. The molecule has 6 nitrogen and oxygen atoms in total. The van der Waals surface area contributed by atoms with Gasteiger partial charge in [-0.15, -0.1) is 0 Å². The van der Waals surface area contributed by atoms with Gasteiger partial charge < -0.3 is 15.5 Å². The van der Waals surface area contributed by atoms with Crippen LogP contribution in [0.3, 0.4) is 0 Å². The van der Waals surface area contributed by atoms with Gasteiger partial charge in [0, 0.05) is 37.2 Å². The zero-order valence-electron chi connectivity index (χ0n) is 15.6. The van der Waals surface area contributed by atoms with Crippen LogP contribution in [-0.2, 0) is 5.54 Å². The van der Waals surface area contributed by atoms with E-state index in [1.54, 1.807) is 0 Å². The van der Waals surface area contributed by atoms with E-state index >= 15 is 0 Å². The number of aromatic nitrogens is 2. The van der Waals surface area contributed by atoms with Crippen LogP contribution in [0.1, 0.15) is 65.5 Å². The van der Waals surface area contributed by atoms with Gasteiger partial charge in [-0.1, -0.05) is 0 Å². The maximum Gasteiger partial charge on any atom is 0.320 e. The molecular formula is C18H31N5O. The van der Waals surface area contributed by atoms with Crippen molar-refractivity contribution in [2.45, 2.75) is 77.4 Å². The number of amides is 2. The Labute approximate surface area is 145 Å². The smallest absolute Gasteiger partial charge is 0.320 e. The third-order valence-electron chi connectivity index (χ3n) is 5.35. The van der Waals surface area contributed by atoms with Gasteiger partial charge in [-0.2, -0.15) is 5.10 Å². The number of carbonyl (C=O) groups excluding carboxylic acids is 1. The number of nitrogens with zero attached hydrogens (tertiary/aromatic N) is 4. The lowest BCUT2D eigenvalue weighted by Gasteiger charge is -2.26. The number of hydrogen-bond donors (Lipinski definition) is 1. The fraction of sp³-hybridized carbons (Fsp3) is 0.778. The van der Waals surface area contributed by atoms with Crippen LogP contribution in [0, 0.1) is 0 Å². The Bertz CT molecular complexity index is 615. The maximum absolute atomic E-state index is 12.6. The predicted octanol–water partition coefficient (Wildman–Crippen LogP) is 3.00. The lowest BCUT2D eigenvalue weighted by Crippen LogP contribution is -2.40. The molecule has 2 N–H and O–H groups in total. The fourth-order valence-corrected chi connectivity index (χ4v) is 4.05. The fourth-order valence-electron chi connectivity index (χ4n) is 4.05. The van der Waals surface area contributed by atoms with E-state index in [1.807, 2.05) is 15.6 Å². The minimum atomic E-state index is -0.108. The summed E-state index contributed by atoms with van der Waals surface area (Å²) >= 11 is 0. The highest BCUT2D eigenvalue weighted by Crippen LogP contribution is 2.38. The highest BCUT2D eigenvalue weighted by molar-refractivity contribution is 5.77. The molecule has 2 atom stereocenters. The molecule has 1 aliphatic carbocycles. The minimum absolute atomic E-state index is 0.108. The van der Waals surface area contributed by atoms with Crippen molar-refractivity contribution in [2.24, 2.45) is 0 Å². The molecule has 2 amide bonds. The SMILES string of the molecule is CC(C)N1CCN(C2CCC(c3cc(N)n(C(C)(C)C)n3)C2)C1=O. The normalized spacial score (nSPS) is 25.3. The highest BCUT2D eigenvalue weighted by Gasteiger charge is 2.39. The number of nitrogen functional groups attached to an aromatic ring is 1. The average molecular weight is 333 g/mol. The highest BCUT2D eigenvalue weighted by atomic mass is 16.2. The van der Waals surface area contributed by atoms with E-state index < -0.39 is 0 Å². The molecule has 1 aromatic heterocycles. The summed E-state index contributed by atoms with van der Waals surface area (Å²) in [5, 5.41) is 4.76. The molecule has 2 aliphatic rings. The van der Waals surface area contributed by atoms with Crippen molar-refractivity contribution in [3.05, 3.63) is 11.8 Å². The van der Waals surface area contributed by atoms with Gasteiger partial charge in [-0.3, -0.25) is 0 Å². The number of rotatable bonds is 3. The largest absolute Gasteiger partial charge is 0.384 e. The molecule has 0 radical (unpaired) electrons. The van der Waals surface area contributed by atoms with Gasteiger partial charge in [0.2, 0.25) is 0 Å². The molecule has 6 heteroatoms. The Morgan fingerprint density at radius 1 is 1.25 bits per heavy atom. The Morgan fingerprint density at radius 3 is 2.50 bits per heavy atom. The van der Waals surface area contributed by atoms with E-state index in [0.717, 1.165) is 43.9 Å². The van der Waals surface area contributed by atoms with Gasteiger partial charge in [0.15, 0.2) is 0 Å². The van der Waals surface area contributed by atoms with E-state index in [9.17, 15) is 4.79 Å². The summed E-state index contributed by atoms with van der Waals surface area (Å²) in [6, 6.07) is 2.84. The number of nitrogens with two attached hydrogens (primary N) is 1. The summed E-state index contributed by atoms with van der Waals surface area (Å²) < 4.78 is 1.91. The van der Waals surface area contributed by atoms with Crippen molar-refractivity contribution in [3.63, 3.8) is 0 Å². The summed E-state index contributed by atoms with van der Waals surface area (Å²) in [5.41, 5.74) is 7.13. The minimum Gasteiger partial charge on any atom is -0.384 e. The van der Waals surface area contributed by atoms with Crippen LogP contribution in [-0.4, -0.2) is 50.8 Å². The molecule has 1 saturated carbocycles. The van der Waals surface area contributed by atoms with Crippen LogP contribution in [0.4, 0.5) is 10.6 Å². The van der Waals surface area contributed by atoms with Crippen molar-refractivity contribution < 1.29 is 4.79 Å². The zero-order chi connectivity index (χ0) is 17.6. The summed E-state index contributed by atoms with van der Waals surface area (Å²) in [6.45, 7) is 12.2. The van der Waals surface area contributed by atoms with Crippen molar-refractivity contribution in [2.75, 3.05) is 18.8 Å². The third kappa shape index (κ3) is 2.98. The second-order valence-corrected chi connectivity index (χ2v) is 8.50. The first-order valence-electron chi connectivity index (χ1n) is 9.11. The Kier molecular flexibility index (Phi) is 4.26. The molecule has 3 rings (SSSR count). The van der Waals surface area contributed by atoms with Crippen LogP contribution in [0.2, 0.25) is 0 Å². The van der Waals surface area contributed by atoms with Crippen LogP contribution in [0.15, 0.2) is 6.07 Å². The lowest BCUT2D eigenvalue weighted by atomic mass is 10.0. The molecule has 0 spiro atoms. The van der Waals surface area contributed by atoms with Crippen LogP contribution < -0.4 is 5.73 Å². The van der Waals surface area contributed by atoms with E-state index in [1.165, 1.54) is 0 Å². The first kappa shape index (κ1) is 17.1. The topological polar surface area (TPSA) is 67.4 Å². The molecule has 2 unspecified atom stereocenters. The first-order chi connectivity index (χ1) is 11.2. The number of hydrogen-bond acceptors (Lipinski definition) is 3. The third-order valence-corrected chi connectivity index (χ3v) is 5.35. The van der Waals surface area contributed by atoms with Gasteiger partial charge in [0.05, 0.1) is 11.2 Å². The van der Waals surface area contributed by atoms with Crippen molar-refractivity contribution in [1.29, 1.82) is 0 Å². The average Bonchev–Trinajstić information content (AvgIpc) is 3.14. The summed E-state index contributed by atoms with van der Waals surface area (Å²) in [5.74, 6) is 1.13. The standard InChI is InChI=1S/C18H31N5O/c1-12(2)21-8-9-22(17(21)24)14-7-6-13(10-14)15-11-16(19)23(20-15)18(3,4)5/h11-14H,6-10,19H2,1-5H3. The number of anilines is 1. The van der Waals surface area contributed by atoms with Gasteiger partial charge >= 0.3 is 6.03 Å². The Morgan fingerprint density at radius 2 is 1.96 bits per heavy atom. The summed E-state index contributed by atoms with van der Waals surface area (Å²) in [7, 11) is 0. The van der Waals surface area contributed by atoms with E-state index in [-0.39, 0.29) is 17.6 Å². The maximum atomic E-state index is 12.6. The molecule has 2 fully saturated rings. The molecule has 1 aliphatic heterocycles. The lowest BCUT2D eigenvalue weighted by molar-refractivity contribution is 0.170. The summed E-state index contributed by atoms with van der Waals surface area (Å²) in [4.78, 5) is 16.6. The monoisotopic (exact) mass is 333 g/mol. The Balaban J connectivity index is 1.69. The van der Waals surface area contributed by atoms with Gasteiger partial charge in [0.1, 0.15) is 5.82 Å². The van der Waals surface area contributed by atoms with Gasteiger partial charge in [0.25, 0.3) is 0 Å². The zero-order valence-corrected chi connectivity index (χ0v) is 15.6. The molecule has 1 aromatic rings. The van der Waals surface area contributed by atoms with E-state index in [0.29, 0.717) is 12.0 Å². The molecule has 0 aromatic carbocycles. The second-order valence-electron chi connectivity index (χ2n) is 8.50. The van der Waals surface area contributed by atoms with Crippen LogP contribution in [0.5, 0.6) is 0 Å². The van der Waals surface area contributed by atoms with Crippen molar-refractivity contribution in [3.8, 4) is 0 Å². The number of urea groups is 1. The summed E-state index contributed by atoms with van der Waals surface area (Å²) in [6.07, 6.45) is 3.14. The molecule has 0 bridgehead atoms. The van der Waals surface area contributed by atoms with Gasteiger partial charge in [-0.05, 0) is 53.9 Å². The van der Waals surface area contributed by atoms with Crippen molar-refractivity contribution >= 4 is 11.8 Å². The molecule has 2 heterocycles. The van der Waals surface area contributed by atoms with Crippen molar-refractivity contribution in [1.82, 2.24) is 19.6 Å². The molecule has 134 valence electrons. The van der Waals surface area contributed by atoms with E-state index in [4.69, 9.17) is 10.8 Å². The Hall–Kier alpha value is -1.72. The predicted molar refractivity (Wildman–Crippen MR) is 96.0 cm³/mol. The second kappa shape index (κ2) is 5.97.